The third kappa shape index (κ3) is 5.55. The summed E-state index contributed by atoms with van der Waals surface area (Å²) < 4.78 is 11.0. The van der Waals surface area contributed by atoms with Crippen LogP contribution in [0.2, 0.25) is 0 Å². The number of benzene rings is 1. The lowest BCUT2D eigenvalue weighted by Gasteiger charge is -2.29. The average molecular weight is 294 g/mol. The quantitative estimate of drug-likeness (QED) is 0.845. The van der Waals surface area contributed by atoms with Crippen LogP contribution in [0, 0.1) is 0 Å². The van der Waals surface area contributed by atoms with Gasteiger partial charge in [0, 0.05) is 0 Å². The summed E-state index contributed by atoms with van der Waals surface area (Å²) in [6.07, 6.45) is 0. The van der Waals surface area contributed by atoms with Crippen molar-refractivity contribution >= 4 is 11.9 Å². The predicted octanol–water partition coefficient (Wildman–Crippen LogP) is 3.14. The van der Waals surface area contributed by atoms with Gasteiger partial charge in [0.15, 0.2) is 0 Å². The van der Waals surface area contributed by atoms with Crippen LogP contribution in [-0.2, 0) is 9.47 Å². The summed E-state index contributed by atoms with van der Waals surface area (Å²) in [4.78, 5) is 23.3. The highest BCUT2D eigenvalue weighted by Crippen LogP contribution is 2.19. The Morgan fingerprint density at radius 2 is 1.57 bits per heavy atom. The molecule has 0 saturated carbocycles. The van der Waals surface area contributed by atoms with Gasteiger partial charge in [-0.1, -0.05) is 12.1 Å². The molecule has 0 aliphatic carbocycles. The molecule has 0 amide bonds. The third-order valence-corrected chi connectivity index (χ3v) is 2.60. The lowest BCUT2D eigenvalue weighted by Crippen LogP contribution is -2.37. The SMILES string of the molecule is CC(C)(C)OCC(C)(C)OC(=O)c1ccccc1C(=O)O. The van der Waals surface area contributed by atoms with Gasteiger partial charge in [0.05, 0.1) is 23.3 Å². The maximum atomic E-state index is 12.2. The van der Waals surface area contributed by atoms with Crippen molar-refractivity contribution in [1.29, 1.82) is 0 Å². The largest absolute Gasteiger partial charge is 0.478 e. The third-order valence-electron chi connectivity index (χ3n) is 2.60. The summed E-state index contributed by atoms with van der Waals surface area (Å²) in [6, 6.07) is 5.97. The molecule has 116 valence electrons. The van der Waals surface area contributed by atoms with E-state index in [0.717, 1.165) is 0 Å². The molecule has 0 saturated heterocycles. The van der Waals surface area contributed by atoms with Gasteiger partial charge in [-0.25, -0.2) is 9.59 Å². The molecule has 1 rings (SSSR count). The van der Waals surface area contributed by atoms with E-state index in [1.54, 1.807) is 26.0 Å². The molecule has 1 aromatic carbocycles. The first-order chi connectivity index (χ1) is 9.52. The molecule has 0 fully saturated rings. The van der Waals surface area contributed by atoms with E-state index in [0.29, 0.717) is 0 Å². The molecule has 0 heterocycles. The predicted molar refractivity (Wildman–Crippen MR) is 78.6 cm³/mol. The lowest BCUT2D eigenvalue weighted by molar-refractivity contribution is -0.0917. The van der Waals surface area contributed by atoms with Gasteiger partial charge < -0.3 is 14.6 Å². The number of carboxylic acid groups (broad SMARTS) is 1. The van der Waals surface area contributed by atoms with Crippen LogP contribution in [0.25, 0.3) is 0 Å². The van der Waals surface area contributed by atoms with E-state index in [4.69, 9.17) is 14.6 Å². The fourth-order valence-electron chi connectivity index (χ4n) is 1.57. The van der Waals surface area contributed by atoms with Crippen molar-refractivity contribution in [2.75, 3.05) is 6.61 Å². The van der Waals surface area contributed by atoms with Gasteiger partial charge in [0.2, 0.25) is 0 Å². The van der Waals surface area contributed by atoms with Crippen LogP contribution < -0.4 is 0 Å². The van der Waals surface area contributed by atoms with Crippen molar-refractivity contribution in [3.05, 3.63) is 35.4 Å². The van der Waals surface area contributed by atoms with Crippen molar-refractivity contribution < 1.29 is 24.2 Å². The summed E-state index contributed by atoms with van der Waals surface area (Å²) in [6.45, 7) is 9.39. The molecule has 0 aliphatic heterocycles. The van der Waals surface area contributed by atoms with Crippen LogP contribution in [0.4, 0.5) is 0 Å². The molecular weight excluding hydrogens is 272 g/mol. The van der Waals surface area contributed by atoms with E-state index < -0.39 is 17.5 Å². The standard InChI is InChI=1S/C16H22O5/c1-15(2,3)20-10-16(4,5)21-14(19)12-9-7-6-8-11(12)13(17)18/h6-9H,10H2,1-5H3,(H,17,18). The van der Waals surface area contributed by atoms with Crippen molar-refractivity contribution in [3.8, 4) is 0 Å². The van der Waals surface area contributed by atoms with Gasteiger partial charge in [-0.2, -0.15) is 0 Å². The summed E-state index contributed by atoms with van der Waals surface area (Å²) in [5.41, 5.74) is -1.23. The number of aromatic carboxylic acids is 1. The zero-order chi connectivity index (χ0) is 16.3. The highest BCUT2D eigenvalue weighted by atomic mass is 16.6. The second-order valence-electron chi connectivity index (χ2n) is 6.40. The van der Waals surface area contributed by atoms with Crippen molar-refractivity contribution in [2.45, 2.75) is 45.8 Å². The van der Waals surface area contributed by atoms with Crippen LogP contribution in [0.15, 0.2) is 24.3 Å². The molecule has 5 heteroatoms. The number of carboxylic acids is 1. The Morgan fingerprint density at radius 1 is 1.05 bits per heavy atom. The smallest absolute Gasteiger partial charge is 0.339 e. The fourth-order valence-corrected chi connectivity index (χ4v) is 1.57. The van der Waals surface area contributed by atoms with Gasteiger partial charge in [-0.05, 0) is 46.8 Å². The second-order valence-corrected chi connectivity index (χ2v) is 6.40. The number of hydrogen-bond donors (Lipinski definition) is 1. The van der Waals surface area contributed by atoms with Gasteiger partial charge >= 0.3 is 11.9 Å². The molecule has 0 aromatic heterocycles. The molecule has 5 nitrogen and oxygen atoms in total. The number of rotatable bonds is 5. The average Bonchev–Trinajstić information content (AvgIpc) is 2.35. The summed E-state index contributed by atoms with van der Waals surface area (Å²) >= 11 is 0. The van der Waals surface area contributed by atoms with E-state index in [9.17, 15) is 9.59 Å². The van der Waals surface area contributed by atoms with Crippen LogP contribution in [0.5, 0.6) is 0 Å². The number of esters is 1. The molecule has 0 spiro atoms. The van der Waals surface area contributed by atoms with Crippen molar-refractivity contribution in [1.82, 2.24) is 0 Å². The van der Waals surface area contributed by atoms with Gasteiger partial charge in [-0.3, -0.25) is 0 Å². The minimum absolute atomic E-state index is 0.0360. The molecule has 0 radical (unpaired) electrons. The van der Waals surface area contributed by atoms with E-state index in [2.05, 4.69) is 0 Å². The number of carbonyl (C=O) groups excluding carboxylic acids is 1. The molecular formula is C16H22O5. The first-order valence-corrected chi connectivity index (χ1v) is 6.71. The van der Waals surface area contributed by atoms with Crippen molar-refractivity contribution in [3.63, 3.8) is 0 Å². The molecule has 0 unspecified atom stereocenters. The number of hydrogen-bond acceptors (Lipinski definition) is 4. The van der Waals surface area contributed by atoms with Crippen molar-refractivity contribution in [2.24, 2.45) is 0 Å². The van der Waals surface area contributed by atoms with Crippen LogP contribution in [0.3, 0.4) is 0 Å². The summed E-state index contributed by atoms with van der Waals surface area (Å²) in [5.74, 6) is -1.83. The van der Waals surface area contributed by atoms with Gasteiger partial charge in [0.25, 0.3) is 0 Å². The maximum Gasteiger partial charge on any atom is 0.339 e. The Balaban J connectivity index is 2.83. The number of carbonyl (C=O) groups is 2. The molecule has 1 N–H and O–H groups in total. The first kappa shape index (κ1) is 17.2. The van der Waals surface area contributed by atoms with E-state index in [1.165, 1.54) is 12.1 Å². The molecule has 0 aliphatic rings. The Morgan fingerprint density at radius 3 is 2.05 bits per heavy atom. The van der Waals surface area contributed by atoms with E-state index in [-0.39, 0.29) is 23.3 Å². The minimum Gasteiger partial charge on any atom is -0.478 e. The summed E-state index contributed by atoms with van der Waals surface area (Å²) in [5, 5.41) is 9.09. The molecule has 21 heavy (non-hydrogen) atoms. The lowest BCUT2D eigenvalue weighted by atomic mass is 10.1. The van der Waals surface area contributed by atoms with Crippen LogP contribution in [-0.4, -0.2) is 34.9 Å². The van der Waals surface area contributed by atoms with Gasteiger partial charge in [0.1, 0.15) is 5.60 Å². The highest BCUT2D eigenvalue weighted by molar-refractivity contribution is 6.02. The Hall–Kier alpha value is -1.88. The van der Waals surface area contributed by atoms with E-state index >= 15 is 0 Å². The monoisotopic (exact) mass is 294 g/mol. The van der Waals surface area contributed by atoms with Gasteiger partial charge in [-0.15, -0.1) is 0 Å². The second kappa shape index (κ2) is 6.26. The Kier molecular flexibility index (Phi) is 5.12. The topological polar surface area (TPSA) is 72.8 Å². The highest BCUT2D eigenvalue weighted by Gasteiger charge is 2.28. The molecule has 0 atom stereocenters. The number of ether oxygens (including phenoxy) is 2. The molecule has 1 aromatic rings. The Bertz CT molecular complexity index is 526. The minimum atomic E-state index is -1.16. The summed E-state index contributed by atoms with van der Waals surface area (Å²) in [7, 11) is 0. The van der Waals surface area contributed by atoms with E-state index in [1.807, 2.05) is 20.8 Å². The van der Waals surface area contributed by atoms with Crippen LogP contribution >= 0.6 is 0 Å². The zero-order valence-corrected chi connectivity index (χ0v) is 13.1. The maximum absolute atomic E-state index is 12.2. The normalized spacial score (nSPS) is 12.0. The van der Waals surface area contributed by atoms with Crippen LogP contribution in [0.1, 0.15) is 55.3 Å². The molecule has 0 bridgehead atoms. The zero-order valence-electron chi connectivity index (χ0n) is 13.1. The fraction of sp³-hybridized carbons (Fsp3) is 0.500. The first-order valence-electron chi connectivity index (χ1n) is 6.71. The Labute approximate surface area is 124 Å².